The number of carbonyl (C=O) groups excluding carboxylic acids is 1. The van der Waals surface area contributed by atoms with Gasteiger partial charge in [-0.25, -0.2) is 0 Å². The molecule has 0 saturated carbocycles. The molecule has 0 saturated heterocycles. The largest absolute Gasteiger partial charge is 0.352 e. The zero-order valence-corrected chi connectivity index (χ0v) is 12.5. The summed E-state index contributed by atoms with van der Waals surface area (Å²) < 4.78 is 0.883. The Balaban J connectivity index is 2.62. The minimum absolute atomic E-state index is 0.00942. The Morgan fingerprint density at radius 1 is 1.35 bits per heavy atom. The summed E-state index contributed by atoms with van der Waals surface area (Å²) in [6, 6.07) is 5.72. The molecular weight excluding hydrogens is 278 g/mol. The molecule has 3 heteroatoms. The highest BCUT2D eigenvalue weighted by atomic mass is 79.9. The standard InChI is InChI=1S/C14H20BrNO/c1-10-6-5-7-11(12(10)15)13(17)16-9-8-14(2,3)4/h5-7H,8-9H2,1-4H3,(H,16,17). The van der Waals surface area contributed by atoms with E-state index in [1.54, 1.807) is 0 Å². The number of carbonyl (C=O) groups is 1. The molecule has 1 N–H and O–H groups in total. The third kappa shape index (κ3) is 4.50. The lowest BCUT2D eigenvalue weighted by Crippen LogP contribution is -2.27. The maximum absolute atomic E-state index is 12.0. The molecule has 0 spiro atoms. The van der Waals surface area contributed by atoms with Gasteiger partial charge in [0.2, 0.25) is 0 Å². The van der Waals surface area contributed by atoms with E-state index in [0.717, 1.165) is 16.5 Å². The lowest BCUT2D eigenvalue weighted by atomic mass is 9.92. The first-order chi connectivity index (χ1) is 7.81. The van der Waals surface area contributed by atoms with Crippen LogP contribution >= 0.6 is 15.9 Å². The molecule has 0 aromatic heterocycles. The third-order valence-corrected chi connectivity index (χ3v) is 3.65. The van der Waals surface area contributed by atoms with Gasteiger partial charge in [0, 0.05) is 11.0 Å². The van der Waals surface area contributed by atoms with Gasteiger partial charge in [-0.05, 0) is 46.3 Å². The van der Waals surface area contributed by atoms with Crippen LogP contribution in [0.1, 0.15) is 43.1 Å². The van der Waals surface area contributed by atoms with Crippen molar-refractivity contribution in [3.63, 3.8) is 0 Å². The predicted molar refractivity (Wildman–Crippen MR) is 75.3 cm³/mol. The Morgan fingerprint density at radius 2 is 2.00 bits per heavy atom. The van der Waals surface area contributed by atoms with Crippen molar-refractivity contribution in [1.82, 2.24) is 5.32 Å². The topological polar surface area (TPSA) is 29.1 Å². The fourth-order valence-electron chi connectivity index (χ4n) is 1.47. The Bertz CT molecular complexity index is 407. The number of amides is 1. The second-order valence-corrected chi connectivity index (χ2v) is 6.30. The minimum Gasteiger partial charge on any atom is -0.352 e. The lowest BCUT2D eigenvalue weighted by Gasteiger charge is -2.18. The fraction of sp³-hybridized carbons (Fsp3) is 0.500. The molecule has 0 aliphatic heterocycles. The van der Waals surface area contributed by atoms with Crippen molar-refractivity contribution >= 4 is 21.8 Å². The van der Waals surface area contributed by atoms with Crippen molar-refractivity contribution in [3.8, 4) is 0 Å². The number of aryl methyl sites for hydroxylation is 1. The molecule has 0 aliphatic carbocycles. The molecule has 0 bridgehead atoms. The highest BCUT2D eigenvalue weighted by molar-refractivity contribution is 9.10. The number of halogens is 1. The van der Waals surface area contributed by atoms with Gasteiger partial charge in [0.05, 0.1) is 5.56 Å². The summed E-state index contributed by atoms with van der Waals surface area (Å²) in [5.74, 6) is -0.00942. The second-order valence-electron chi connectivity index (χ2n) is 5.50. The van der Waals surface area contributed by atoms with Gasteiger partial charge in [-0.15, -0.1) is 0 Å². The van der Waals surface area contributed by atoms with E-state index in [1.807, 2.05) is 25.1 Å². The van der Waals surface area contributed by atoms with E-state index in [9.17, 15) is 4.79 Å². The fourth-order valence-corrected chi connectivity index (χ4v) is 1.91. The van der Waals surface area contributed by atoms with Crippen molar-refractivity contribution < 1.29 is 4.79 Å². The number of hydrogen-bond acceptors (Lipinski definition) is 1. The molecule has 0 atom stereocenters. The van der Waals surface area contributed by atoms with Gasteiger partial charge in [-0.1, -0.05) is 32.9 Å². The van der Waals surface area contributed by atoms with Gasteiger partial charge < -0.3 is 5.32 Å². The SMILES string of the molecule is Cc1cccc(C(=O)NCCC(C)(C)C)c1Br. The van der Waals surface area contributed by atoms with Crippen LogP contribution in [0.25, 0.3) is 0 Å². The Hall–Kier alpha value is -0.830. The normalized spacial score (nSPS) is 11.4. The van der Waals surface area contributed by atoms with E-state index in [0.29, 0.717) is 12.1 Å². The third-order valence-electron chi connectivity index (χ3n) is 2.60. The van der Waals surface area contributed by atoms with Crippen molar-refractivity contribution in [2.45, 2.75) is 34.1 Å². The van der Waals surface area contributed by atoms with E-state index in [1.165, 1.54) is 0 Å². The summed E-state index contributed by atoms with van der Waals surface area (Å²) in [6.07, 6.45) is 0.974. The second kappa shape index (κ2) is 5.67. The van der Waals surface area contributed by atoms with Gasteiger partial charge in [0.15, 0.2) is 0 Å². The monoisotopic (exact) mass is 297 g/mol. The smallest absolute Gasteiger partial charge is 0.252 e. The molecule has 1 amide bonds. The highest BCUT2D eigenvalue weighted by Gasteiger charge is 2.13. The van der Waals surface area contributed by atoms with Crippen molar-refractivity contribution in [2.75, 3.05) is 6.54 Å². The molecule has 0 heterocycles. The Labute approximate surface area is 112 Å². The minimum atomic E-state index is -0.00942. The number of hydrogen-bond donors (Lipinski definition) is 1. The summed E-state index contributed by atoms with van der Waals surface area (Å²) in [6.45, 7) is 9.20. The molecule has 17 heavy (non-hydrogen) atoms. The Morgan fingerprint density at radius 3 is 2.59 bits per heavy atom. The van der Waals surface area contributed by atoms with E-state index in [4.69, 9.17) is 0 Å². The quantitative estimate of drug-likeness (QED) is 0.900. The van der Waals surface area contributed by atoms with Gasteiger partial charge in [0.25, 0.3) is 5.91 Å². The molecule has 0 unspecified atom stereocenters. The number of nitrogens with one attached hydrogen (secondary N) is 1. The summed E-state index contributed by atoms with van der Waals surface area (Å²) in [5, 5.41) is 2.95. The zero-order valence-electron chi connectivity index (χ0n) is 10.9. The molecule has 1 rings (SSSR count). The predicted octanol–water partition coefficient (Wildman–Crippen LogP) is 3.92. The molecule has 1 aromatic rings. The van der Waals surface area contributed by atoms with Gasteiger partial charge in [-0.2, -0.15) is 0 Å². The summed E-state index contributed by atoms with van der Waals surface area (Å²) in [7, 11) is 0. The van der Waals surface area contributed by atoms with Crippen molar-refractivity contribution in [2.24, 2.45) is 5.41 Å². The molecule has 2 nitrogen and oxygen atoms in total. The van der Waals surface area contributed by atoms with E-state index in [2.05, 4.69) is 42.0 Å². The molecule has 0 fully saturated rings. The van der Waals surface area contributed by atoms with Gasteiger partial charge in [-0.3, -0.25) is 4.79 Å². The summed E-state index contributed by atoms with van der Waals surface area (Å²) in [5.41, 5.74) is 2.03. The summed E-state index contributed by atoms with van der Waals surface area (Å²) >= 11 is 3.45. The van der Waals surface area contributed by atoms with Crippen LogP contribution in [0.3, 0.4) is 0 Å². The van der Waals surface area contributed by atoms with Crippen LogP contribution in [0.2, 0.25) is 0 Å². The molecule has 0 aliphatic rings. The van der Waals surface area contributed by atoms with E-state index >= 15 is 0 Å². The number of rotatable bonds is 3. The zero-order chi connectivity index (χ0) is 13.1. The van der Waals surface area contributed by atoms with Crippen LogP contribution in [-0.2, 0) is 0 Å². The maximum Gasteiger partial charge on any atom is 0.252 e. The van der Waals surface area contributed by atoms with Gasteiger partial charge in [0.1, 0.15) is 0 Å². The van der Waals surface area contributed by atoms with Crippen LogP contribution < -0.4 is 5.32 Å². The average Bonchev–Trinajstić information content (AvgIpc) is 2.20. The maximum atomic E-state index is 12.0. The van der Waals surface area contributed by atoms with E-state index < -0.39 is 0 Å². The first-order valence-electron chi connectivity index (χ1n) is 5.84. The van der Waals surface area contributed by atoms with E-state index in [-0.39, 0.29) is 11.3 Å². The molecule has 1 aromatic carbocycles. The highest BCUT2D eigenvalue weighted by Crippen LogP contribution is 2.21. The van der Waals surface area contributed by atoms with Gasteiger partial charge >= 0.3 is 0 Å². The lowest BCUT2D eigenvalue weighted by molar-refractivity contribution is 0.0948. The summed E-state index contributed by atoms with van der Waals surface area (Å²) in [4.78, 5) is 12.0. The van der Waals surface area contributed by atoms with Crippen LogP contribution in [0.4, 0.5) is 0 Å². The van der Waals surface area contributed by atoms with Crippen LogP contribution in [0, 0.1) is 12.3 Å². The van der Waals surface area contributed by atoms with Crippen LogP contribution in [0.15, 0.2) is 22.7 Å². The van der Waals surface area contributed by atoms with Crippen molar-refractivity contribution in [3.05, 3.63) is 33.8 Å². The first kappa shape index (κ1) is 14.2. The van der Waals surface area contributed by atoms with Crippen LogP contribution in [0.5, 0.6) is 0 Å². The number of benzene rings is 1. The first-order valence-corrected chi connectivity index (χ1v) is 6.64. The van der Waals surface area contributed by atoms with Crippen LogP contribution in [-0.4, -0.2) is 12.5 Å². The molecule has 0 radical (unpaired) electrons. The van der Waals surface area contributed by atoms with Crippen molar-refractivity contribution in [1.29, 1.82) is 0 Å². The molecular formula is C14H20BrNO. The average molecular weight is 298 g/mol. The molecule has 94 valence electrons. The Kier molecular flexibility index (Phi) is 4.75.